The first-order chi connectivity index (χ1) is 12.4. The fourth-order valence-corrected chi connectivity index (χ4v) is 5.99. The van der Waals surface area contributed by atoms with Gasteiger partial charge in [0.1, 0.15) is 5.75 Å². The van der Waals surface area contributed by atoms with E-state index in [0.29, 0.717) is 19.4 Å². The van der Waals surface area contributed by atoms with Crippen molar-refractivity contribution in [3.8, 4) is 5.75 Å². The zero-order valence-corrected chi connectivity index (χ0v) is 17.1. The first-order valence-corrected chi connectivity index (χ1v) is 11.7. The lowest BCUT2D eigenvalue weighted by molar-refractivity contribution is -0.122. The monoisotopic (exact) mass is 444 g/mol. The number of benzene rings is 1. The van der Waals surface area contributed by atoms with E-state index in [9.17, 15) is 13.2 Å². The van der Waals surface area contributed by atoms with Crippen LogP contribution < -0.4 is 10.1 Å². The number of ether oxygens (including phenoxy) is 1. The van der Waals surface area contributed by atoms with Crippen LogP contribution in [0, 0.1) is 0 Å². The average molecular weight is 445 g/mol. The van der Waals surface area contributed by atoms with Crippen molar-refractivity contribution in [1.82, 2.24) is 10.2 Å². The molecule has 8 heteroatoms. The molecule has 2 heterocycles. The largest absolute Gasteiger partial charge is 0.494 e. The maximum atomic E-state index is 12.2. The molecule has 2 unspecified atom stereocenters. The quantitative estimate of drug-likeness (QED) is 0.650. The molecule has 2 aliphatic heterocycles. The smallest absolute Gasteiger partial charge is 0.220 e. The molecule has 0 aromatic heterocycles. The van der Waals surface area contributed by atoms with Gasteiger partial charge < -0.3 is 10.1 Å². The summed E-state index contributed by atoms with van der Waals surface area (Å²) in [6, 6.07) is 7.19. The van der Waals surface area contributed by atoms with Gasteiger partial charge in [-0.25, -0.2) is 8.42 Å². The molecule has 0 spiro atoms. The molecular weight excluding hydrogens is 420 g/mol. The third-order valence-corrected chi connectivity index (χ3v) is 7.10. The number of sulfone groups is 1. The van der Waals surface area contributed by atoms with Crippen molar-refractivity contribution in [1.29, 1.82) is 0 Å². The standard InChI is InChI=1S/C18H25BrN2O4S/c19-14-5-3-6-15(11-14)25-10-4-7-18(22)20-16-12-26(23,24)13-17(16)21-8-1-2-9-21/h3,5-6,11,16-17H,1-2,4,7-10,12-13H2,(H,20,22). The van der Waals surface area contributed by atoms with Crippen molar-refractivity contribution in [2.75, 3.05) is 31.2 Å². The van der Waals surface area contributed by atoms with Crippen molar-refractivity contribution in [2.24, 2.45) is 0 Å². The zero-order valence-electron chi connectivity index (χ0n) is 14.7. The van der Waals surface area contributed by atoms with E-state index < -0.39 is 9.84 Å². The Morgan fingerprint density at radius 3 is 2.77 bits per heavy atom. The predicted octanol–water partition coefficient (Wildman–Crippen LogP) is 1.99. The normalized spacial score (nSPS) is 25.3. The Hall–Kier alpha value is -1.12. The summed E-state index contributed by atoms with van der Waals surface area (Å²) in [6.07, 6.45) is 3.12. The van der Waals surface area contributed by atoms with Gasteiger partial charge in [0.2, 0.25) is 5.91 Å². The minimum absolute atomic E-state index is 0.0500. The lowest BCUT2D eigenvalue weighted by Gasteiger charge is -2.28. The minimum Gasteiger partial charge on any atom is -0.494 e. The Balaban J connectivity index is 1.44. The number of halogens is 1. The number of carbonyl (C=O) groups excluding carboxylic acids is 1. The molecule has 2 aliphatic rings. The number of likely N-dealkylation sites (tertiary alicyclic amines) is 1. The molecule has 1 aromatic carbocycles. The number of carbonyl (C=O) groups is 1. The molecule has 144 valence electrons. The van der Waals surface area contributed by atoms with Gasteiger partial charge in [-0.1, -0.05) is 22.0 Å². The summed E-state index contributed by atoms with van der Waals surface area (Å²) in [6.45, 7) is 2.29. The van der Waals surface area contributed by atoms with E-state index in [2.05, 4.69) is 26.1 Å². The fourth-order valence-electron chi connectivity index (χ4n) is 3.66. The van der Waals surface area contributed by atoms with Gasteiger partial charge in [-0.05, 0) is 50.6 Å². The fraction of sp³-hybridized carbons (Fsp3) is 0.611. The Morgan fingerprint density at radius 1 is 1.27 bits per heavy atom. The highest BCUT2D eigenvalue weighted by atomic mass is 79.9. The summed E-state index contributed by atoms with van der Waals surface area (Å²) in [5.74, 6) is 0.864. The summed E-state index contributed by atoms with van der Waals surface area (Å²) in [5, 5.41) is 2.95. The van der Waals surface area contributed by atoms with Crippen LogP contribution in [0.25, 0.3) is 0 Å². The van der Waals surface area contributed by atoms with E-state index in [4.69, 9.17) is 4.74 Å². The van der Waals surface area contributed by atoms with Crippen LogP contribution >= 0.6 is 15.9 Å². The van der Waals surface area contributed by atoms with E-state index in [-0.39, 0.29) is 29.5 Å². The van der Waals surface area contributed by atoms with E-state index in [1.165, 1.54) is 0 Å². The van der Waals surface area contributed by atoms with Crippen LogP contribution in [0.2, 0.25) is 0 Å². The molecule has 3 rings (SSSR count). The molecule has 1 aromatic rings. The molecule has 0 saturated carbocycles. The van der Waals surface area contributed by atoms with Crippen LogP contribution in [0.3, 0.4) is 0 Å². The highest BCUT2D eigenvalue weighted by Gasteiger charge is 2.42. The van der Waals surface area contributed by atoms with E-state index >= 15 is 0 Å². The average Bonchev–Trinajstić information content (AvgIpc) is 3.19. The summed E-state index contributed by atoms with van der Waals surface area (Å²) in [7, 11) is -3.08. The highest BCUT2D eigenvalue weighted by Crippen LogP contribution is 2.23. The van der Waals surface area contributed by atoms with Gasteiger partial charge >= 0.3 is 0 Å². The molecule has 0 bridgehead atoms. The lowest BCUT2D eigenvalue weighted by Crippen LogP contribution is -2.50. The summed E-state index contributed by atoms with van der Waals surface area (Å²) < 4.78 is 30.6. The molecule has 1 amide bonds. The summed E-state index contributed by atoms with van der Waals surface area (Å²) in [4.78, 5) is 14.5. The Bertz CT molecular complexity index is 734. The number of nitrogens with zero attached hydrogens (tertiary/aromatic N) is 1. The Labute approximate surface area is 163 Å². The van der Waals surface area contributed by atoms with Crippen LogP contribution in [-0.2, 0) is 14.6 Å². The SMILES string of the molecule is O=C(CCCOc1cccc(Br)c1)NC1CS(=O)(=O)CC1N1CCCC1. The van der Waals surface area contributed by atoms with Gasteiger partial charge in [0.05, 0.1) is 24.2 Å². The number of rotatable bonds is 7. The third kappa shape index (κ3) is 5.44. The molecule has 2 saturated heterocycles. The van der Waals surface area contributed by atoms with Crippen molar-refractivity contribution >= 4 is 31.7 Å². The molecule has 26 heavy (non-hydrogen) atoms. The molecular formula is C18H25BrN2O4S. The molecule has 0 aliphatic carbocycles. The van der Waals surface area contributed by atoms with Crippen molar-refractivity contribution in [2.45, 2.75) is 37.8 Å². The van der Waals surface area contributed by atoms with Gasteiger partial charge in [-0.3, -0.25) is 9.69 Å². The number of hydrogen-bond acceptors (Lipinski definition) is 5. The minimum atomic E-state index is -3.08. The maximum Gasteiger partial charge on any atom is 0.220 e. The van der Waals surface area contributed by atoms with Gasteiger partial charge in [0, 0.05) is 16.9 Å². The number of hydrogen-bond donors (Lipinski definition) is 1. The predicted molar refractivity (Wildman–Crippen MR) is 104 cm³/mol. The highest BCUT2D eigenvalue weighted by molar-refractivity contribution is 9.10. The van der Waals surface area contributed by atoms with Crippen LogP contribution in [0.4, 0.5) is 0 Å². The van der Waals surface area contributed by atoms with Crippen molar-refractivity contribution in [3.05, 3.63) is 28.7 Å². The Morgan fingerprint density at radius 2 is 2.04 bits per heavy atom. The lowest BCUT2D eigenvalue weighted by atomic mass is 10.1. The topological polar surface area (TPSA) is 75.7 Å². The summed E-state index contributed by atoms with van der Waals surface area (Å²) in [5.41, 5.74) is 0. The van der Waals surface area contributed by atoms with E-state index in [1.54, 1.807) is 0 Å². The second-order valence-electron chi connectivity index (χ2n) is 6.97. The maximum absolute atomic E-state index is 12.2. The first kappa shape index (κ1) is 19.6. The van der Waals surface area contributed by atoms with Gasteiger partial charge in [0.15, 0.2) is 9.84 Å². The van der Waals surface area contributed by atoms with Crippen LogP contribution in [0.5, 0.6) is 5.75 Å². The van der Waals surface area contributed by atoms with Crippen LogP contribution in [0.1, 0.15) is 25.7 Å². The van der Waals surface area contributed by atoms with Crippen molar-refractivity contribution in [3.63, 3.8) is 0 Å². The first-order valence-electron chi connectivity index (χ1n) is 9.05. The summed E-state index contributed by atoms with van der Waals surface area (Å²) >= 11 is 3.39. The second-order valence-corrected chi connectivity index (χ2v) is 10.0. The van der Waals surface area contributed by atoms with E-state index in [0.717, 1.165) is 36.2 Å². The van der Waals surface area contributed by atoms with Gasteiger partial charge in [0.25, 0.3) is 0 Å². The van der Waals surface area contributed by atoms with Gasteiger partial charge in [-0.2, -0.15) is 0 Å². The molecule has 2 fully saturated rings. The van der Waals surface area contributed by atoms with E-state index in [1.807, 2.05) is 24.3 Å². The molecule has 0 radical (unpaired) electrons. The number of amides is 1. The van der Waals surface area contributed by atoms with Gasteiger partial charge in [-0.15, -0.1) is 0 Å². The second kappa shape index (κ2) is 8.71. The molecule has 2 atom stereocenters. The van der Waals surface area contributed by atoms with Crippen LogP contribution in [-0.4, -0.2) is 62.5 Å². The molecule has 6 nitrogen and oxygen atoms in total. The zero-order chi connectivity index (χ0) is 18.6. The van der Waals surface area contributed by atoms with Crippen molar-refractivity contribution < 1.29 is 17.9 Å². The third-order valence-electron chi connectivity index (χ3n) is 4.89. The molecule has 1 N–H and O–H groups in total. The Kier molecular flexibility index (Phi) is 6.58. The van der Waals surface area contributed by atoms with Crippen LogP contribution in [0.15, 0.2) is 28.7 Å². The number of nitrogens with one attached hydrogen (secondary N) is 1.